The maximum Gasteiger partial charge on any atom is 0.268 e. The van der Waals surface area contributed by atoms with Crippen molar-refractivity contribution in [1.82, 2.24) is 10.3 Å². The van der Waals surface area contributed by atoms with Gasteiger partial charge in [0.15, 0.2) is 0 Å². The molecule has 0 spiro atoms. The molecule has 0 aliphatic carbocycles. The molecule has 0 saturated carbocycles. The predicted molar refractivity (Wildman–Crippen MR) is 46.4 cm³/mol. The molecule has 0 atom stereocenters. The maximum atomic E-state index is 11.1. The number of halogens is 1. The Morgan fingerprint density at radius 3 is 3.08 bits per heavy atom. The Kier molecular flexibility index (Phi) is 2.88. The van der Waals surface area contributed by atoms with Crippen molar-refractivity contribution in [3.8, 4) is 6.07 Å². The highest BCUT2D eigenvalue weighted by molar-refractivity contribution is 9.10. The summed E-state index contributed by atoms with van der Waals surface area (Å²) in [5, 5.41) is 10.6. The van der Waals surface area contributed by atoms with Gasteiger partial charge in [-0.2, -0.15) is 5.26 Å². The van der Waals surface area contributed by atoms with Crippen LogP contribution in [0, 0.1) is 11.3 Å². The zero-order valence-electron chi connectivity index (χ0n) is 6.10. The normalized spacial score (nSPS) is 9.00. The summed E-state index contributed by atoms with van der Waals surface area (Å²) in [5.74, 6) is -0.276. The number of carbonyl (C=O) groups is 1. The lowest BCUT2D eigenvalue weighted by Crippen LogP contribution is -2.23. The van der Waals surface area contributed by atoms with Crippen LogP contribution in [0.1, 0.15) is 10.5 Å². The van der Waals surface area contributed by atoms with Gasteiger partial charge in [-0.3, -0.25) is 4.79 Å². The molecule has 1 aromatic heterocycles. The molecular weight excluding hydrogens is 222 g/mol. The number of nitrogens with zero attached hydrogens (tertiary/aromatic N) is 1. The number of hydrogen-bond acceptors (Lipinski definition) is 2. The second-order valence-electron chi connectivity index (χ2n) is 2.07. The van der Waals surface area contributed by atoms with Gasteiger partial charge in [0.25, 0.3) is 5.91 Å². The highest BCUT2D eigenvalue weighted by atomic mass is 79.9. The fourth-order valence-electron chi connectivity index (χ4n) is 0.714. The summed E-state index contributed by atoms with van der Waals surface area (Å²) in [4.78, 5) is 13.8. The van der Waals surface area contributed by atoms with E-state index in [1.807, 2.05) is 6.07 Å². The summed E-state index contributed by atoms with van der Waals surface area (Å²) in [6.07, 6.45) is 1.65. The molecule has 0 bridgehead atoms. The maximum absolute atomic E-state index is 11.1. The Hall–Kier alpha value is -1.28. The third-order valence-electron chi connectivity index (χ3n) is 1.22. The molecule has 0 aliphatic heterocycles. The molecule has 0 aromatic carbocycles. The summed E-state index contributed by atoms with van der Waals surface area (Å²) in [6, 6.07) is 3.46. The SMILES string of the molecule is N#CCNC(=O)c1cc(Br)c[nH]1. The summed E-state index contributed by atoms with van der Waals surface area (Å²) in [5.41, 5.74) is 0.442. The van der Waals surface area contributed by atoms with E-state index in [1.54, 1.807) is 12.3 Å². The molecular formula is C7H6BrN3O. The van der Waals surface area contributed by atoms with Crippen molar-refractivity contribution >= 4 is 21.8 Å². The van der Waals surface area contributed by atoms with E-state index in [-0.39, 0.29) is 12.5 Å². The number of carbonyl (C=O) groups excluding carboxylic acids is 1. The van der Waals surface area contributed by atoms with Gasteiger partial charge in [0.05, 0.1) is 6.07 Å². The van der Waals surface area contributed by atoms with E-state index in [1.165, 1.54) is 0 Å². The summed E-state index contributed by atoms with van der Waals surface area (Å²) >= 11 is 3.19. The number of H-pyrrole nitrogens is 1. The Balaban J connectivity index is 2.61. The smallest absolute Gasteiger partial charge is 0.268 e. The fourth-order valence-corrected chi connectivity index (χ4v) is 1.06. The number of aromatic nitrogens is 1. The Morgan fingerprint density at radius 1 is 1.83 bits per heavy atom. The molecule has 0 aliphatic rings. The van der Waals surface area contributed by atoms with Crippen molar-refractivity contribution < 1.29 is 4.79 Å². The van der Waals surface area contributed by atoms with Crippen molar-refractivity contribution in [1.29, 1.82) is 5.26 Å². The van der Waals surface area contributed by atoms with Crippen LogP contribution in [0.4, 0.5) is 0 Å². The standard InChI is InChI=1S/C7H6BrN3O/c8-5-3-6(11-4-5)7(12)10-2-1-9/h3-4,11H,2H2,(H,10,12). The van der Waals surface area contributed by atoms with Crippen LogP contribution >= 0.6 is 15.9 Å². The van der Waals surface area contributed by atoms with Gasteiger partial charge >= 0.3 is 0 Å². The van der Waals surface area contributed by atoms with E-state index < -0.39 is 0 Å². The first kappa shape index (κ1) is 8.81. The average molecular weight is 228 g/mol. The number of nitrogens with one attached hydrogen (secondary N) is 2. The van der Waals surface area contributed by atoms with E-state index in [0.29, 0.717) is 5.69 Å². The summed E-state index contributed by atoms with van der Waals surface area (Å²) < 4.78 is 0.810. The average Bonchev–Trinajstić information content (AvgIpc) is 2.47. The van der Waals surface area contributed by atoms with E-state index in [4.69, 9.17) is 5.26 Å². The summed E-state index contributed by atoms with van der Waals surface area (Å²) in [7, 11) is 0. The lowest BCUT2D eigenvalue weighted by Gasteiger charge is -1.95. The first-order valence-electron chi connectivity index (χ1n) is 3.23. The van der Waals surface area contributed by atoms with Crippen LogP contribution in [-0.2, 0) is 0 Å². The second kappa shape index (κ2) is 3.93. The lowest BCUT2D eigenvalue weighted by atomic mass is 10.4. The van der Waals surface area contributed by atoms with Gasteiger partial charge in [0.2, 0.25) is 0 Å². The molecule has 1 heterocycles. The number of hydrogen-bond donors (Lipinski definition) is 2. The molecule has 0 unspecified atom stereocenters. The molecule has 4 nitrogen and oxygen atoms in total. The first-order valence-corrected chi connectivity index (χ1v) is 4.02. The van der Waals surface area contributed by atoms with Crippen LogP contribution in [0.15, 0.2) is 16.7 Å². The van der Waals surface area contributed by atoms with E-state index in [2.05, 4.69) is 26.2 Å². The first-order chi connectivity index (χ1) is 5.74. The largest absolute Gasteiger partial charge is 0.356 e. The molecule has 62 valence electrons. The molecule has 1 aromatic rings. The van der Waals surface area contributed by atoms with Crippen LogP contribution < -0.4 is 5.32 Å². The molecule has 0 fully saturated rings. The van der Waals surface area contributed by atoms with Gasteiger partial charge < -0.3 is 10.3 Å². The topological polar surface area (TPSA) is 68.7 Å². The molecule has 5 heteroatoms. The molecule has 2 N–H and O–H groups in total. The number of rotatable bonds is 2. The number of nitriles is 1. The number of amides is 1. The van der Waals surface area contributed by atoms with E-state index in [9.17, 15) is 4.79 Å². The molecule has 1 amide bonds. The second-order valence-corrected chi connectivity index (χ2v) is 2.99. The zero-order valence-corrected chi connectivity index (χ0v) is 7.68. The van der Waals surface area contributed by atoms with Gasteiger partial charge in [-0.25, -0.2) is 0 Å². The Morgan fingerprint density at radius 2 is 2.58 bits per heavy atom. The van der Waals surface area contributed by atoms with Crippen molar-refractivity contribution in [2.45, 2.75) is 0 Å². The summed E-state index contributed by atoms with van der Waals surface area (Å²) in [6.45, 7) is 0.0233. The van der Waals surface area contributed by atoms with Gasteiger partial charge in [-0.15, -0.1) is 0 Å². The van der Waals surface area contributed by atoms with E-state index >= 15 is 0 Å². The van der Waals surface area contributed by atoms with Gasteiger partial charge in [-0.05, 0) is 22.0 Å². The monoisotopic (exact) mass is 227 g/mol. The number of aromatic amines is 1. The van der Waals surface area contributed by atoms with Crippen LogP contribution in [0.5, 0.6) is 0 Å². The van der Waals surface area contributed by atoms with Crippen molar-refractivity contribution in [3.63, 3.8) is 0 Å². The van der Waals surface area contributed by atoms with Gasteiger partial charge in [0, 0.05) is 10.7 Å². The molecule has 0 radical (unpaired) electrons. The highest BCUT2D eigenvalue weighted by Gasteiger charge is 2.05. The Bertz CT molecular complexity index is 326. The zero-order chi connectivity index (χ0) is 8.97. The third kappa shape index (κ3) is 2.10. The fraction of sp³-hybridized carbons (Fsp3) is 0.143. The van der Waals surface area contributed by atoms with Crippen LogP contribution in [0.3, 0.4) is 0 Å². The van der Waals surface area contributed by atoms with Gasteiger partial charge in [0.1, 0.15) is 12.2 Å². The van der Waals surface area contributed by atoms with E-state index in [0.717, 1.165) is 4.47 Å². The predicted octanol–water partition coefficient (Wildman–Crippen LogP) is 1.03. The van der Waals surface area contributed by atoms with Crippen LogP contribution in [0.25, 0.3) is 0 Å². The molecule has 12 heavy (non-hydrogen) atoms. The minimum absolute atomic E-state index is 0.0233. The lowest BCUT2D eigenvalue weighted by molar-refractivity contribution is 0.0954. The van der Waals surface area contributed by atoms with Crippen molar-refractivity contribution in [3.05, 3.63) is 22.4 Å². The van der Waals surface area contributed by atoms with Crippen LogP contribution in [-0.4, -0.2) is 17.4 Å². The highest BCUT2D eigenvalue weighted by Crippen LogP contribution is 2.09. The minimum atomic E-state index is -0.276. The van der Waals surface area contributed by atoms with Crippen molar-refractivity contribution in [2.24, 2.45) is 0 Å². The van der Waals surface area contributed by atoms with Gasteiger partial charge in [-0.1, -0.05) is 0 Å². The molecule has 1 rings (SSSR count). The minimum Gasteiger partial charge on any atom is -0.356 e. The van der Waals surface area contributed by atoms with Crippen LogP contribution in [0.2, 0.25) is 0 Å². The third-order valence-corrected chi connectivity index (χ3v) is 1.68. The Labute approximate surface area is 77.7 Å². The van der Waals surface area contributed by atoms with Crippen molar-refractivity contribution in [2.75, 3.05) is 6.54 Å². The molecule has 0 saturated heterocycles. The quantitative estimate of drug-likeness (QED) is 0.742.